The summed E-state index contributed by atoms with van der Waals surface area (Å²) in [6.45, 7) is 7.08. The Labute approximate surface area is 113 Å². The highest BCUT2D eigenvalue weighted by Crippen LogP contribution is 2.11. The predicted molar refractivity (Wildman–Crippen MR) is 72.4 cm³/mol. The van der Waals surface area contributed by atoms with Crippen molar-refractivity contribution in [2.75, 3.05) is 6.54 Å². The van der Waals surface area contributed by atoms with Crippen molar-refractivity contribution in [3.05, 3.63) is 42.5 Å². The first-order valence-corrected chi connectivity index (χ1v) is 7.26. The molecule has 0 bridgehead atoms. The minimum Gasteiger partial charge on any atom is -0.459 e. The summed E-state index contributed by atoms with van der Waals surface area (Å²) in [5.74, 6) is -0.474. The van der Waals surface area contributed by atoms with Gasteiger partial charge in [-0.15, -0.1) is 6.58 Å². The Balaban J connectivity index is 2.87. The van der Waals surface area contributed by atoms with Gasteiger partial charge >= 0.3 is 5.97 Å². The van der Waals surface area contributed by atoms with E-state index in [4.69, 9.17) is 4.74 Å². The largest absolute Gasteiger partial charge is 0.459 e. The van der Waals surface area contributed by atoms with Gasteiger partial charge in [0.2, 0.25) is 10.0 Å². The van der Waals surface area contributed by atoms with Crippen LogP contribution in [0.2, 0.25) is 0 Å². The third-order valence-corrected chi connectivity index (χ3v) is 3.60. The lowest BCUT2D eigenvalue weighted by atomic mass is 10.2. The van der Waals surface area contributed by atoms with Crippen LogP contribution in [0.3, 0.4) is 0 Å². The molecule has 0 spiro atoms. The number of nitrogens with one attached hydrogen (secondary N) is 1. The number of sulfonamides is 1. The Hall–Kier alpha value is -1.66. The molecule has 0 aromatic heterocycles. The van der Waals surface area contributed by atoms with E-state index < -0.39 is 16.0 Å². The van der Waals surface area contributed by atoms with Gasteiger partial charge in [-0.1, -0.05) is 6.08 Å². The molecule has 1 N–H and O–H groups in total. The van der Waals surface area contributed by atoms with E-state index in [2.05, 4.69) is 11.3 Å². The maximum absolute atomic E-state index is 11.8. The van der Waals surface area contributed by atoms with Crippen LogP contribution in [0.5, 0.6) is 0 Å². The first-order chi connectivity index (χ1) is 8.86. The summed E-state index contributed by atoms with van der Waals surface area (Å²) in [5.41, 5.74) is 0.316. The second kappa shape index (κ2) is 6.49. The van der Waals surface area contributed by atoms with Crippen molar-refractivity contribution < 1.29 is 17.9 Å². The second-order valence-corrected chi connectivity index (χ2v) is 5.89. The zero-order valence-electron chi connectivity index (χ0n) is 10.9. The van der Waals surface area contributed by atoms with Crippen LogP contribution in [0.15, 0.2) is 41.8 Å². The molecule has 1 aromatic rings. The molecule has 1 rings (SSSR count). The molecule has 0 radical (unpaired) electrons. The van der Waals surface area contributed by atoms with Crippen molar-refractivity contribution in [1.29, 1.82) is 0 Å². The number of rotatable bonds is 6. The SMILES string of the molecule is C=CCNS(=O)(=O)c1ccc(C(=O)OC(C)C)cc1. The molecule has 1 aromatic carbocycles. The molecule has 104 valence electrons. The van der Waals surface area contributed by atoms with Crippen molar-refractivity contribution >= 4 is 16.0 Å². The van der Waals surface area contributed by atoms with Gasteiger partial charge in [0.15, 0.2) is 0 Å². The van der Waals surface area contributed by atoms with Gasteiger partial charge in [0, 0.05) is 6.54 Å². The number of esters is 1. The molecule has 5 nitrogen and oxygen atoms in total. The second-order valence-electron chi connectivity index (χ2n) is 4.12. The maximum Gasteiger partial charge on any atom is 0.338 e. The highest BCUT2D eigenvalue weighted by Gasteiger charge is 2.14. The van der Waals surface area contributed by atoms with Crippen molar-refractivity contribution in [2.24, 2.45) is 0 Å². The molecule has 0 aliphatic rings. The Bertz CT molecular complexity index is 547. The van der Waals surface area contributed by atoms with Crippen LogP contribution in [0.1, 0.15) is 24.2 Å². The van der Waals surface area contributed by atoms with E-state index in [0.29, 0.717) is 5.56 Å². The summed E-state index contributed by atoms with van der Waals surface area (Å²) in [6, 6.07) is 5.57. The van der Waals surface area contributed by atoms with Crippen LogP contribution in [-0.2, 0) is 14.8 Å². The number of benzene rings is 1. The molecule has 19 heavy (non-hydrogen) atoms. The molecule has 0 saturated heterocycles. The van der Waals surface area contributed by atoms with Gasteiger partial charge in [-0.3, -0.25) is 0 Å². The fourth-order valence-corrected chi connectivity index (χ4v) is 2.30. The third-order valence-electron chi connectivity index (χ3n) is 2.16. The minimum atomic E-state index is -3.56. The zero-order valence-corrected chi connectivity index (χ0v) is 11.7. The average molecular weight is 283 g/mol. The van der Waals surface area contributed by atoms with E-state index in [1.54, 1.807) is 13.8 Å². The molecule has 0 unspecified atom stereocenters. The van der Waals surface area contributed by atoms with Crippen molar-refractivity contribution in [2.45, 2.75) is 24.8 Å². The first-order valence-electron chi connectivity index (χ1n) is 5.78. The van der Waals surface area contributed by atoms with Gasteiger partial charge in [-0.05, 0) is 38.1 Å². The molecular formula is C13H17NO4S. The minimum absolute atomic E-state index is 0.0930. The third kappa shape index (κ3) is 4.50. The van der Waals surface area contributed by atoms with E-state index in [9.17, 15) is 13.2 Å². The van der Waals surface area contributed by atoms with Crippen LogP contribution in [0, 0.1) is 0 Å². The highest BCUT2D eigenvalue weighted by atomic mass is 32.2. The number of carbonyl (C=O) groups excluding carboxylic acids is 1. The monoisotopic (exact) mass is 283 g/mol. The smallest absolute Gasteiger partial charge is 0.338 e. The van der Waals surface area contributed by atoms with Crippen LogP contribution in [-0.4, -0.2) is 27.0 Å². The summed E-state index contributed by atoms with van der Waals surface area (Å²) in [4.78, 5) is 11.7. The summed E-state index contributed by atoms with van der Waals surface area (Å²) in [6.07, 6.45) is 1.23. The van der Waals surface area contributed by atoms with Crippen molar-refractivity contribution in [3.63, 3.8) is 0 Å². The van der Waals surface area contributed by atoms with E-state index in [1.807, 2.05) is 0 Å². The normalized spacial score (nSPS) is 11.3. The van der Waals surface area contributed by atoms with Crippen LogP contribution in [0.4, 0.5) is 0 Å². The van der Waals surface area contributed by atoms with E-state index in [1.165, 1.54) is 30.3 Å². The summed E-state index contributed by atoms with van der Waals surface area (Å²) in [5, 5.41) is 0. The number of hydrogen-bond acceptors (Lipinski definition) is 4. The molecule has 0 amide bonds. The van der Waals surface area contributed by atoms with Gasteiger partial charge in [0.1, 0.15) is 0 Å². The molecule has 0 heterocycles. The van der Waals surface area contributed by atoms with Crippen LogP contribution < -0.4 is 4.72 Å². The first kappa shape index (κ1) is 15.4. The molecule has 6 heteroatoms. The van der Waals surface area contributed by atoms with Gasteiger partial charge in [-0.25, -0.2) is 17.9 Å². The predicted octanol–water partition coefficient (Wildman–Crippen LogP) is 1.72. The Morgan fingerprint density at radius 1 is 1.37 bits per heavy atom. The molecule has 0 saturated carbocycles. The topological polar surface area (TPSA) is 72.5 Å². The van der Waals surface area contributed by atoms with E-state index in [-0.39, 0.29) is 17.5 Å². The van der Waals surface area contributed by atoms with Gasteiger partial charge < -0.3 is 4.74 Å². The fourth-order valence-electron chi connectivity index (χ4n) is 1.30. The van der Waals surface area contributed by atoms with Gasteiger partial charge in [0.25, 0.3) is 0 Å². The Morgan fingerprint density at radius 2 is 1.95 bits per heavy atom. The molecule has 0 aliphatic heterocycles. The van der Waals surface area contributed by atoms with E-state index >= 15 is 0 Å². The molecule has 0 fully saturated rings. The lowest BCUT2D eigenvalue weighted by Gasteiger charge is -2.08. The van der Waals surface area contributed by atoms with Crippen molar-refractivity contribution in [1.82, 2.24) is 4.72 Å². The number of ether oxygens (including phenoxy) is 1. The highest BCUT2D eigenvalue weighted by molar-refractivity contribution is 7.89. The fraction of sp³-hybridized carbons (Fsp3) is 0.308. The van der Waals surface area contributed by atoms with Crippen molar-refractivity contribution in [3.8, 4) is 0 Å². The standard InChI is InChI=1S/C13H17NO4S/c1-4-9-14-19(16,17)12-7-5-11(6-8-12)13(15)18-10(2)3/h4-8,10,14H,1,9H2,2-3H3. The quantitative estimate of drug-likeness (QED) is 0.637. The number of hydrogen-bond donors (Lipinski definition) is 1. The maximum atomic E-state index is 11.8. The molecule has 0 atom stereocenters. The molecular weight excluding hydrogens is 266 g/mol. The van der Waals surface area contributed by atoms with E-state index in [0.717, 1.165) is 0 Å². The summed E-state index contributed by atoms with van der Waals surface area (Å²) in [7, 11) is -3.56. The molecule has 0 aliphatic carbocycles. The van der Waals surface area contributed by atoms with Gasteiger partial charge in [-0.2, -0.15) is 0 Å². The summed E-state index contributed by atoms with van der Waals surface area (Å²) < 4.78 is 30.9. The Morgan fingerprint density at radius 3 is 2.42 bits per heavy atom. The van der Waals surface area contributed by atoms with Gasteiger partial charge in [0.05, 0.1) is 16.6 Å². The summed E-state index contributed by atoms with van der Waals surface area (Å²) >= 11 is 0. The lowest BCUT2D eigenvalue weighted by Crippen LogP contribution is -2.23. The Kier molecular flexibility index (Phi) is 5.26. The lowest BCUT2D eigenvalue weighted by molar-refractivity contribution is 0.0378. The average Bonchev–Trinajstić information content (AvgIpc) is 2.36. The number of carbonyl (C=O) groups is 1. The van der Waals surface area contributed by atoms with Crippen LogP contribution in [0.25, 0.3) is 0 Å². The zero-order chi connectivity index (χ0) is 14.5. The van der Waals surface area contributed by atoms with Crippen LogP contribution >= 0.6 is 0 Å².